The lowest BCUT2D eigenvalue weighted by Gasteiger charge is -2.31. The summed E-state index contributed by atoms with van der Waals surface area (Å²) in [5, 5.41) is 22.8. The van der Waals surface area contributed by atoms with E-state index in [1.54, 1.807) is 67.6 Å². The molecule has 5 N–H and O–H groups in total. The van der Waals surface area contributed by atoms with Gasteiger partial charge in [0.2, 0.25) is 35.4 Å². The number of imide groups is 1. The topological polar surface area (TPSA) is 367 Å². The van der Waals surface area contributed by atoms with E-state index in [4.69, 9.17) is 61.6 Å². The summed E-state index contributed by atoms with van der Waals surface area (Å²) >= 11 is 0. The van der Waals surface area contributed by atoms with Gasteiger partial charge in [-0.1, -0.05) is 37.1 Å². The van der Waals surface area contributed by atoms with Crippen molar-refractivity contribution < 1.29 is 110 Å². The van der Waals surface area contributed by atoms with Crippen LogP contribution in [0.1, 0.15) is 112 Å². The molecule has 3 aromatic carbocycles. The second-order valence-corrected chi connectivity index (χ2v) is 26.1. The molecule has 3 aromatic rings. The molecule has 8 rings (SSSR count). The number of anilines is 2. The van der Waals surface area contributed by atoms with E-state index in [-0.39, 0.29) is 117 Å². The summed E-state index contributed by atoms with van der Waals surface area (Å²) in [5.74, 6) is -1.98. The van der Waals surface area contributed by atoms with Crippen LogP contribution in [-0.2, 0) is 78.0 Å². The number of unbranched alkanes of at least 4 members (excludes halogenated alkanes) is 2. The van der Waals surface area contributed by atoms with Crippen LogP contribution in [0.3, 0.4) is 0 Å². The zero-order valence-corrected chi connectivity index (χ0v) is 62.1. The number of hydrogen-bond donors (Lipinski definition) is 5. The predicted molar refractivity (Wildman–Crippen MR) is 388 cm³/mol. The van der Waals surface area contributed by atoms with Gasteiger partial charge in [0.25, 0.3) is 11.8 Å². The lowest BCUT2D eigenvalue weighted by molar-refractivity contribution is -0.138. The number of rotatable bonds is 48. The van der Waals surface area contributed by atoms with E-state index in [1.807, 2.05) is 20.0 Å². The van der Waals surface area contributed by atoms with Crippen LogP contribution in [-0.4, -0.2) is 256 Å². The first kappa shape index (κ1) is 83.5. The highest BCUT2D eigenvalue weighted by Crippen LogP contribution is 2.43. The van der Waals surface area contributed by atoms with Crippen molar-refractivity contribution in [3.05, 3.63) is 95.2 Å². The second kappa shape index (κ2) is 43.6. The Bertz CT molecular complexity index is 3570. The molecule has 1 radical (unpaired) electrons. The number of aliphatic imine (C=N–C) groups is 1. The van der Waals surface area contributed by atoms with Crippen LogP contribution >= 0.6 is 0 Å². The predicted octanol–water partition coefficient (Wildman–Crippen LogP) is 5.34. The molecule has 0 spiro atoms. The average Bonchev–Trinajstić information content (AvgIpc) is 1.63. The first-order chi connectivity index (χ1) is 51.7. The number of methoxy groups -OCH3 is 2. The molecule has 0 aliphatic carbocycles. The molecule has 0 unspecified atom stereocenters. The maximum Gasteiger partial charge on any atom is 0.416 e. The van der Waals surface area contributed by atoms with Gasteiger partial charge in [-0.2, -0.15) is 0 Å². The number of benzene rings is 3. The number of likely N-dealkylation sites (tertiary alicyclic amines) is 1. The normalized spacial score (nSPS) is 17.1. The van der Waals surface area contributed by atoms with Gasteiger partial charge in [-0.3, -0.25) is 48.2 Å². The molecule has 32 nitrogen and oxygen atoms in total. The van der Waals surface area contributed by atoms with E-state index in [0.717, 1.165) is 27.4 Å². The summed E-state index contributed by atoms with van der Waals surface area (Å²) in [5.41, 5.74) is 3.92. The molecule has 107 heavy (non-hydrogen) atoms. The Morgan fingerprint density at radius 1 is 0.589 bits per heavy atom. The van der Waals surface area contributed by atoms with Crippen molar-refractivity contribution in [2.24, 2.45) is 10.9 Å². The third kappa shape index (κ3) is 25.5. The van der Waals surface area contributed by atoms with E-state index in [1.165, 1.54) is 44.6 Å². The molecule has 32 heteroatoms. The Hall–Kier alpha value is -9.12. The number of amides is 9. The smallest absolute Gasteiger partial charge is 0.416 e. The molecule has 0 bridgehead atoms. The molecule has 5 atom stereocenters. The number of carbonyl (C=O) groups is 9. The van der Waals surface area contributed by atoms with Crippen LogP contribution in [0.15, 0.2) is 77.1 Å². The Morgan fingerprint density at radius 2 is 1.13 bits per heavy atom. The highest BCUT2D eigenvalue weighted by Gasteiger charge is 2.45. The van der Waals surface area contributed by atoms with Crippen LogP contribution in [0.2, 0.25) is 0 Å². The summed E-state index contributed by atoms with van der Waals surface area (Å²) in [6.45, 7) is 15.0. The van der Waals surface area contributed by atoms with E-state index in [0.29, 0.717) is 159 Å². The zero-order valence-electron chi connectivity index (χ0n) is 62.1. The van der Waals surface area contributed by atoms with Crippen molar-refractivity contribution in [3.8, 4) is 23.0 Å². The number of ether oxygens (including phenoxy) is 13. The van der Waals surface area contributed by atoms with Gasteiger partial charge in [-0.05, 0) is 88.6 Å². The van der Waals surface area contributed by atoms with Crippen molar-refractivity contribution in [1.29, 1.82) is 0 Å². The third-order valence-electron chi connectivity index (χ3n) is 17.6. The maximum absolute atomic E-state index is 14.3. The number of fused-ring (bicyclic) bond motifs is 4. The molecule has 0 aromatic heterocycles. The molecule has 585 valence electrons. The van der Waals surface area contributed by atoms with Crippen molar-refractivity contribution >= 4 is 76.6 Å². The zero-order chi connectivity index (χ0) is 76.6. The summed E-state index contributed by atoms with van der Waals surface area (Å²) < 4.78 is 73.6. The van der Waals surface area contributed by atoms with Gasteiger partial charge in [0.15, 0.2) is 29.2 Å². The fraction of sp³-hybridized carbons (Fsp3) is 0.560. The van der Waals surface area contributed by atoms with Gasteiger partial charge in [0, 0.05) is 68.8 Å². The minimum atomic E-state index is -1.53. The lowest BCUT2D eigenvalue weighted by Crippen LogP contribution is -2.53. The van der Waals surface area contributed by atoms with Crippen LogP contribution in [0.4, 0.5) is 21.9 Å². The van der Waals surface area contributed by atoms with Gasteiger partial charge in [-0.25, -0.2) is 9.69 Å². The first-order valence-corrected chi connectivity index (χ1v) is 36.2. The van der Waals surface area contributed by atoms with Gasteiger partial charge in [0.1, 0.15) is 18.7 Å². The number of hydrogen-bond acceptors (Lipinski definition) is 24. The average molecular weight is 1500 g/mol. The monoisotopic (exact) mass is 1500 g/mol. The summed E-state index contributed by atoms with van der Waals surface area (Å²) in [7, 11) is 2.96. The molecule has 9 amide bonds. The standard InChI is InChI=1S/C75H102N9O23/c1-49(2)69(80-66(86)18-23-97-25-27-99-29-31-101-33-35-103-37-38-104-36-34-102-32-30-100-28-26-98-24-19-76-65(85)17-20-81-67(87)15-16-68(81)88)71(90)78-52(5)70(89)79-54-13-11-53(12-14-54)48-107-75(94)84-59-44-64(62(96-7)42-57(59)73(92)83-47-51(4)40-60(83)74(84)93)106-22-10-8-9-21-105-63-43-58-56(41-61(63)95-6)72(91)82-46-50(3)39-55(82)45-77-58/h11-15,41-47,49,52,55,60,69,74,93H,8-10,16-40,48H2,1-7H3,(H,76,85)(H,78,90)(H,79,89)(H,80,86)/t52-,55-,60-,69-,74-/m0/s1. The Morgan fingerprint density at radius 3 is 1.70 bits per heavy atom. The second-order valence-electron chi connectivity index (χ2n) is 26.1. The van der Waals surface area contributed by atoms with Crippen molar-refractivity contribution in [3.63, 3.8) is 0 Å². The number of nitrogens with one attached hydrogen (secondary N) is 4. The van der Waals surface area contributed by atoms with Gasteiger partial charge >= 0.3 is 6.09 Å². The van der Waals surface area contributed by atoms with E-state index < -0.39 is 54.1 Å². The Labute approximate surface area is 623 Å². The number of aliphatic hydroxyl groups is 1. The molecule has 5 heterocycles. The highest BCUT2D eigenvalue weighted by molar-refractivity contribution is 6.08. The fourth-order valence-corrected chi connectivity index (χ4v) is 11.8. The molecule has 0 saturated carbocycles. The van der Waals surface area contributed by atoms with Crippen molar-refractivity contribution in [2.75, 3.05) is 156 Å². The molecular formula is C75H102N9O23. The molecule has 1 saturated heterocycles. The Balaban J connectivity index is 0.649. The molecular weight excluding hydrogens is 1390 g/mol. The minimum absolute atomic E-state index is 0.0143. The quantitative estimate of drug-likeness (QED) is 0.0352. The summed E-state index contributed by atoms with van der Waals surface area (Å²) in [6, 6.07) is 9.93. The van der Waals surface area contributed by atoms with Crippen LogP contribution in [0.25, 0.3) is 0 Å². The molecule has 5 aliphatic rings. The van der Waals surface area contributed by atoms with Crippen molar-refractivity contribution in [1.82, 2.24) is 30.7 Å². The number of aliphatic hydroxyl groups excluding tert-OH is 1. The third-order valence-corrected chi connectivity index (χ3v) is 17.6. The van der Waals surface area contributed by atoms with Crippen molar-refractivity contribution in [2.45, 2.75) is 123 Å². The van der Waals surface area contributed by atoms with Gasteiger partial charge in [0.05, 0.1) is 174 Å². The SMILES string of the molecule is COc1cc2c(cc1OCCCCCOc1cc3c(cc1OC)C(=O)N1C=C(C)C[C@H]1[C@H](O)N3C(=O)OCc1ccc(NC(=O)[C@H](C)NC(=O)[C@@H](NC(=O)CCOCCOCCOCCOCCOCCOCCOCCOCCNC(=O)CCN3C(=O)[CH]CC3=O)C(C)C)cc1)N=C[C@@H]1CC(C)=CN1C2=O. The van der Waals surface area contributed by atoms with Gasteiger partial charge in [-0.15, -0.1) is 0 Å². The largest absolute Gasteiger partial charge is 0.493 e. The van der Waals surface area contributed by atoms with Gasteiger partial charge < -0.3 is 97.8 Å². The minimum Gasteiger partial charge on any atom is -0.493 e. The van der Waals surface area contributed by atoms with Crippen LogP contribution in [0, 0.1) is 12.3 Å². The number of carbonyl (C=O) groups excluding carboxylic acids is 9. The molecule has 5 aliphatic heterocycles. The summed E-state index contributed by atoms with van der Waals surface area (Å²) in [6.07, 6.45) is 7.20. The van der Waals surface area contributed by atoms with E-state index >= 15 is 0 Å². The summed E-state index contributed by atoms with van der Waals surface area (Å²) in [4.78, 5) is 127. The lowest BCUT2D eigenvalue weighted by atomic mass is 10.0. The molecule has 1 fully saturated rings. The van der Waals surface area contributed by atoms with E-state index in [9.17, 15) is 48.3 Å². The Kier molecular flexibility index (Phi) is 34.1. The van der Waals surface area contributed by atoms with E-state index in [2.05, 4.69) is 26.3 Å². The van der Waals surface area contributed by atoms with Crippen LogP contribution in [0.5, 0.6) is 23.0 Å². The highest BCUT2D eigenvalue weighted by atomic mass is 16.6. The first-order valence-electron chi connectivity index (χ1n) is 36.2. The maximum atomic E-state index is 14.3. The fourth-order valence-electron chi connectivity index (χ4n) is 11.8. The number of nitrogens with zero attached hydrogens (tertiary/aromatic N) is 5. The van der Waals surface area contributed by atoms with Crippen LogP contribution < -0.4 is 45.1 Å².